The molecule has 2 atom stereocenters. The second-order valence-corrected chi connectivity index (χ2v) is 5.52. The molecule has 1 aromatic carbocycles. The fraction of sp³-hybridized carbons (Fsp3) is 0.533. The van der Waals surface area contributed by atoms with Gasteiger partial charge in [-0.1, -0.05) is 0 Å². The Morgan fingerprint density at radius 2 is 1.79 bits per heavy atom. The average molecular weight is 264 g/mol. The summed E-state index contributed by atoms with van der Waals surface area (Å²) < 4.78 is 13.6. The third-order valence-corrected chi connectivity index (χ3v) is 3.69. The molecule has 0 aromatic heterocycles. The molecule has 0 radical (unpaired) electrons. The Morgan fingerprint density at radius 1 is 1.21 bits per heavy atom. The Labute approximate surface area is 114 Å². The van der Waals surface area contributed by atoms with Gasteiger partial charge in [-0.15, -0.1) is 0 Å². The topological polar surface area (TPSA) is 23.6 Å². The Balaban J connectivity index is 2.27. The number of hydrogen-bond donors (Lipinski definition) is 0. The summed E-state index contributed by atoms with van der Waals surface area (Å²) in [6.07, 6.45) is 0. The summed E-state index contributed by atoms with van der Waals surface area (Å²) in [5.74, 6) is -0.0998. The lowest BCUT2D eigenvalue weighted by molar-refractivity contribution is -0.130. The molecule has 2 rings (SSSR count). The van der Waals surface area contributed by atoms with Crippen molar-refractivity contribution in [2.24, 2.45) is 0 Å². The van der Waals surface area contributed by atoms with Crippen molar-refractivity contribution in [2.45, 2.75) is 39.8 Å². The Kier molecular flexibility index (Phi) is 3.78. The second-order valence-electron chi connectivity index (χ2n) is 5.52. The van der Waals surface area contributed by atoms with Crippen LogP contribution in [0.15, 0.2) is 18.2 Å². The lowest BCUT2D eigenvalue weighted by Crippen LogP contribution is -2.58. The summed E-state index contributed by atoms with van der Waals surface area (Å²) in [7, 11) is 0. The zero-order chi connectivity index (χ0) is 14.2. The molecule has 1 saturated heterocycles. The maximum Gasteiger partial charge on any atom is 0.219 e. The molecule has 104 valence electrons. The largest absolute Gasteiger partial charge is 0.362 e. The van der Waals surface area contributed by atoms with Crippen molar-refractivity contribution in [1.82, 2.24) is 4.90 Å². The first-order valence-corrected chi connectivity index (χ1v) is 6.69. The lowest BCUT2D eigenvalue weighted by atomic mass is 10.1. The number of rotatable bonds is 1. The standard InChI is InChI=1S/C15H21FN2O/c1-10-5-14(16)7-15(6-10)18-11(2)8-17(13(4)19)9-12(18)3/h5-7,11-12H,8-9H2,1-4H3/t11-,12+. The summed E-state index contributed by atoms with van der Waals surface area (Å²) in [4.78, 5) is 15.6. The molecular formula is C15H21FN2O. The molecule has 0 saturated carbocycles. The van der Waals surface area contributed by atoms with Crippen LogP contribution in [0.5, 0.6) is 0 Å². The van der Waals surface area contributed by atoms with E-state index >= 15 is 0 Å². The van der Waals surface area contributed by atoms with Gasteiger partial charge in [0.1, 0.15) is 5.82 Å². The molecule has 1 amide bonds. The van der Waals surface area contributed by atoms with E-state index in [-0.39, 0.29) is 23.8 Å². The highest BCUT2D eigenvalue weighted by molar-refractivity contribution is 5.73. The number of halogens is 1. The lowest BCUT2D eigenvalue weighted by Gasteiger charge is -2.45. The van der Waals surface area contributed by atoms with Gasteiger partial charge in [0.25, 0.3) is 0 Å². The number of anilines is 1. The molecular weight excluding hydrogens is 243 g/mol. The highest BCUT2D eigenvalue weighted by Gasteiger charge is 2.30. The van der Waals surface area contributed by atoms with Crippen LogP contribution >= 0.6 is 0 Å². The predicted octanol–water partition coefficient (Wildman–Crippen LogP) is 2.58. The van der Waals surface area contributed by atoms with Gasteiger partial charge in [-0.25, -0.2) is 4.39 Å². The number of piperazine rings is 1. The quantitative estimate of drug-likeness (QED) is 0.778. The van der Waals surface area contributed by atoms with Crippen LogP contribution < -0.4 is 4.90 Å². The first-order chi connectivity index (χ1) is 8.88. The second kappa shape index (κ2) is 5.19. The fourth-order valence-corrected chi connectivity index (χ4v) is 2.95. The van der Waals surface area contributed by atoms with Gasteiger partial charge in [0, 0.05) is 37.8 Å². The molecule has 0 unspecified atom stereocenters. The van der Waals surface area contributed by atoms with E-state index in [1.807, 2.05) is 17.9 Å². The smallest absolute Gasteiger partial charge is 0.219 e. The molecule has 1 fully saturated rings. The Hall–Kier alpha value is -1.58. The van der Waals surface area contributed by atoms with Crippen molar-refractivity contribution >= 4 is 11.6 Å². The van der Waals surface area contributed by atoms with Gasteiger partial charge in [-0.05, 0) is 44.5 Å². The summed E-state index contributed by atoms with van der Waals surface area (Å²) in [5.41, 5.74) is 1.82. The minimum atomic E-state index is -0.205. The van der Waals surface area contributed by atoms with Crippen LogP contribution in [-0.4, -0.2) is 36.0 Å². The molecule has 4 heteroatoms. The Morgan fingerprint density at radius 3 is 2.26 bits per heavy atom. The van der Waals surface area contributed by atoms with Crippen molar-refractivity contribution in [3.8, 4) is 0 Å². The van der Waals surface area contributed by atoms with Gasteiger partial charge in [0.2, 0.25) is 5.91 Å². The van der Waals surface area contributed by atoms with Crippen LogP contribution in [0.2, 0.25) is 0 Å². The van der Waals surface area contributed by atoms with E-state index in [9.17, 15) is 9.18 Å². The van der Waals surface area contributed by atoms with Crippen LogP contribution in [-0.2, 0) is 4.79 Å². The molecule has 0 N–H and O–H groups in total. The molecule has 3 nitrogen and oxygen atoms in total. The number of nitrogens with zero attached hydrogens (tertiary/aromatic N) is 2. The summed E-state index contributed by atoms with van der Waals surface area (Å²) in [6.45, 7) is 9.03. The van der Waals surface area contributed by atoms with Crippen molar-refractivity contribution in [1.29, 1.82) is 0 Å². The average Bonchev–Trinajstić information content (AvgIpc) is 2.26. The van der Waals surface area contributed by atoms with E-state index in [1.165, 1.54) is 6.07 Å². The van der Waals surface area contributed by atoms with E-state index in [2.05, 4.69) is 18.7 Å². The van der Waals surface area contributed by atoms with Crippen LogP contribution in [0, 0.1) is 12.7 Å². The van der Waals surface area contributed by atoms with E-state index in [4.69, 9.17) is 0 Å². The zero-order valence-corrected chi connectivity index (χ0v) is 12.0. The van der Waals surface area contributed by atoms with Gasteiger partial charge in [0.15, 0.2) is 0 Å². The maximum atomic E-state index is 13.6. The first kappa shape index (κ1) is 13.8. The molecule has 1 aromatic rings. The summed E-state index contributed by atoms with van der Waals surface area (Å²) >= 11 is 0. The maximum absolute atomic E-state index is 13.6. The van der Waals surface area contributed by atoms with E-state index in [1.54, 1.807) is 13.0 Å². The molecule has 1 heterocycles. The molecule has 0 bridgehead atoms. The number of carbonyl (C=O) groups is 1. The summed E-state index contributed by atoms with van der Waals surface area (Å²) in [6, 6.07) is 5.48. The highest BCUT2D eigenvalue weighted by Crippen LogP contribution is 2.26. The third-order valence-electron chi connectivity index (χ3n) is 3.69. The zero-order valence-electron chi connectivity index (χ0n) is 12.0. The Bertz CT molecular complexity index is 457. The van der Waals surface area contributed by atoms with Gasteiger partial charge >= 0.3 is 0 Å². The number of amides is 1. The number of benzene rings is 1. The van der Waals surface area contributed by atoms with Crippen LogP contribution in [0.1, 0.15) is 26.3 Å². The normalized spacial score (nSPS) is 23.6. The minimum absolute atomic E-state index is 0.105. The van der Waals surface area contributed by atoms with Gasteiger partial charge < -0.3 is 9.80 Å². The molecule has 0 spiro atoms. The summed E-state index contributed by atoms with van der Waals surface area (Å²) in [5, 5.41) is 0. The van der Waals surface area contributed by atoms with Gasteiger partial charge in [0.05, 0.1) is 0 Å². The van der Waals surface area contributed by atoms with Crippen molar-refractivity contribution in [3.63, 3.8) is 0 Å². The van der Waals surface area contributed by atoms with Crippen molar-refractivity contribution < 1.29 is 9.18 Å². The first-order valence-electron chi connectivity index (χ1n) is 6.69. The van der Waals surface area contributed by atoms with Crippen LogP contribution in [0.25, 0.3) is 0 Å². The van der Waals surface area contributed by atoms with Crippen LogP contribution in [0.4, 0.5) is 10.1 Å². The SMILES string of the molecule is CC(=O)N1C[C@@H](C)N(c2cc(C)cc(F)c2)[C@@H](C)C1. The van der Waals surface area contributed by atoms with Gasteiger partial charge in [-0.2, -0.15) is 0 Å². The van der Waals surface area contributed by atoms with Crippen LogP contribution in [0.3, 0.4) is 0 Å². The van der Waals surface area contributed by atoms with E-state index in [0.29, 0.717) is 13.1 Å². The molecule has 1 aliphatic heterocycles. The predicted molar refractivity (Wildman–Crippen MR) is 74.8 cm³/mol. The highest BCUT2D eigenvalue weighted by atomic mass is 19.1. The fourth-order valence-electron chi connectivity index (χ4n) is 2.95. The molecule has 1 aliphatic rings. The van der Waals surface area contributed by atoms with Crippen molar-refractivity contribution in [3.05, 3.63) is 29.6 Å². The third kappa shape index (κ3) is 2.88. The van der Waals surface area contributed by atoms with E-state index < -0.39 is 0 Å². The monoisotopic (exact) mass is 264 g/mol. The van der Waals surface area contributed by atoms with Crippen molar-refractivity contribution in [2.75, 3.05) is 18.0 Å². The molecule has 0 aliphatic carbocycles. The minimum Gasteiger partial charge on any atom is -0.362 e. The molecule has 19 heavy (non-hydrogen) atoms. The van der Waals surface area contributed by atoms with Gasteiger partial charge in [-0.3, -0.25) is 4.79 Å². The number of hydrogen-bond acceptors (Lipinski definition) is 2. The van der Waals surface area contributed by atoms with E-state index in [0.717, 1.165) is 11.3 Å². The number of aryl methyl sites for hydroxylation is 1. The number of carbonyl (C=O) groups excluding carboxylic acids is 1.